The van der Waals surface area contributed by atoms with Gasteiger partial charge in [-0.05, 0) is 35.8 Å². The molecule has 2 heteroatoms. The molecule has 0 saturated heterocycles. The third-order valence-electron chi connectivity index (χ3n) is 2.17. The molecule has 0 aromatic heterocycles. The van der Waals surface area contributed by atoms with Crippen LogP contribution >= 0.6 is 0 Å². The topological polar surface area (TPSA) is 9.23 Å². The van der Waals surface area contributed by atoms with Gasteiger partial charge in [-0.3, -0.25) is 0 Å². The van der Waals surface area contributed by atoms with Crippen LogP contribution < -0.4 is 0 Å². The molecule has 0 aliphatic carbocycles. The summed E-state index contributed by atoms with van der Waals surface area (Å²) in [5.74, 6) is 0.353. The Morgan fingerprint density at radius 3 is 2.80 bits per heavy atom. The minimum absolute atomic E-state index is 0.227. The predicted octanol–water partition coefficient (Wildman–Crippen LogP) is 3.78. The molecule has 0 spiro atoms. The van der Waals surface area contributed by atoms with Crippen LogP contribution in [0.5, 0.6) is 0 Å². The van der Waals surface area contributed by atoms with Crippen molar-refractivity contribution in [2.45, 2.75) is 13.3 Å². The summed E-state index contributed by atoms with van der Waals surface area (Å²) in [5.41, 5.74) is 1.89. The van der Waals surface area contributed by atoms with E-state index in [1.165, 1.54) is 12.1 Å². The lowest BCUT2D eigenvalue weighted by Crippen LogP contribution is -1.87. The van der Waals surface area contributed by atoms with E-state index in [0.717, 1.165) is 17.6 Å². The summed E-state index contributed by atoms with van der Waals surface area (Å²) in [6, 6.07) is 6.52. The molecule has 0 unspecified atom stereocenters. The van der Waals surface area contributed by atoms with E-state index in [2.05, 4.69) is 6.58 Å². The van der Waals surface area contributed by atoms with Gasteiger partial charge in [-0.25, -0.2) is 4.39 Å². The quantitative estimate of drug-likeness (QED) is 0.538. The summed E-state index contributed by atoms with van der Waals surface area (Å²) in [6.07, 6.45) is 2.64. The van der Waals surface area contributed by atoms with Crippen molar-refractivity contribution in [3.63, 3.8) is 0 Å². The lowest BCUT2D eigenvalue weighted by atomic mass is 10.0. The zero-order valence-electron chi connectivity index (χ0n) is 9.09. The standard InChI is InChI=1S/C13H15FO/c1-4-11(8-10(2)15-3)12-6-5-7-13(14)9-12/h5-9H,2,4H2,1,3H3/b11-8+. The molecular weight excluding hydrogens is 191 g/mol. The maximum Gasteiger partial charge on any atom is 0.123 e. The molecular formula is C13H15FO. The Morgan fingerprint density at radius 1 is 1.53 bits per heavy atom. The van der Waals surface area contributed by atoms with Gasteiger partial charge in [-0.1, -0.05) is 25.6 Å². The molecule has 1 aromatic rings. The van der Waals surface area contributed by atoms with E-state index in [0.29, 0.717) is 5.76 Å². The van der Waals surface area contributed by atoms with E-state index in [-0.39, 0.29) is 5.82 Å². The van der Waals surface area contributed by atoms with Crippen LogP contribution in [0.15, 0.2) is 42.7 Å². The first-order valence-corrected chi connectivity index (χ1v) is 4.86. The molecule has 0 N–H and O–H groups in total. The first kappa shape index (κ1) is 11.5. The van der Waals surface area contributed by atoms with Crippen molar-refractivity contribution in [3.05, 3.63) is 54.1 Å². The van der Waals surface area contributed by atoms with Crippen LogP contribution in [-0.2, 0) is 4.74 Å². The highest BCUT2D eigenvalue weighted by Crippen LogP contribution is 2.20. The van der Waals surface area contributed by atoms with Crippen LogP contribution in [0.1, 0.15) is 18.9 Å². The van der Waals surface area contributed by atoms with E-state index in [4.69, 9.17) is 4.74 Å². The second-order valence-corrected chi connectivity index (χ2v) is 3.20. The number of allylic oxidation sites excluding steroid dienone is 2. The molecule has 0 radical (unpaired) electrons. The van der Waals surface area contributed by atoms with Gasteiger partial charge < -0.3 is 4.74 Å². The zero-order valence-corrected chi connectivity index (χ0v) is 9.09. The fraction of sp³-hybridized carbons (Fsp3) is 0.231. The average Bonchev–Trinajstić information content (AvgIpc) is 2.25. The third-order valence-corrected chi connectivity index (χ3v) is 2.17. The highest BCUT2D eigenvalue weighted by Gasteiger charge is 2.01. The minimum atomic E-state index is -0.227. The highest BCUT2D eigenvalue weighted by molar-refractivity contribution is 5.67. The first-order valence-electron chi connectivity index (χ1n) is 4.86. The summed E-state index contributed by atoms with van der Waals surface area (Å²) >= 11 is 0. The van der Waals surface area contributed by atoms with Crippen LogP contribution in [0.3, 0.4) is 0 Å². The fourth-order valence-corrected chi connectivity index (χ4v) is 1.33. The van der Waals surface area contributed by atoms with Crippen LogP contribution in [0.2, 0.25) is 0 Å². The number of halogens is 1. The van der Waals surface area contributed by atoms with Gasteiger partial charge in [0.25, 0.3) is 0 Å². The van der Waals surface area contributed by atoms with Gasteiger partial charge in [-0.2, -0.15) is 0 Å². The third kappa shape index (κ3) is 3.24. The van der Waals surface area contributed by atoms with E-state index in [1.54, 1.807) is 13.2 Å². The molecule has 80 valence electrons. The molecule has 0 saturated carbocycles. The molecule has 0 amide bonds. The second kappa shape index (κ2) is 5.35. The number of ether oxygens (including phenoxy) is 1. The minimum Gasteiger partial charge on any atom is -0.497 e. The Kier molecular flexibility index (Phi) is 4.10. The second-order valence-electron chi connectivity index (χ2n) is 3.20. The monoisotopic (exact) mass is 206 g/mol. The summed E-state index contributed by atoms with van der Waals surface area (Å²) in [7, 11) is 1.57. The molecule has 0 fully saturated rings. The first-order chi connectivity index (χ1) is 7.17. The Morgan fingerprint density at radius 2 is 2.27 bits per heavy atom. The number of hydrogen-bond acceptors (Lipinski definition) is 1. The van der Waals surface area contributed by atoms with E-state index in [9.17, 15) is 4.39 Å². The van der Waals surface area contributed by atoms with Crippen molar-refractivity contribution in [1.82, 2.24) is 0 Å². The zero-order chi connectivity index (χ0) is 11.3. The fourth-order valence-electron chi connectivity index (χ4n) is 1.33. The van der Waals surface area contributed by atoms with Gasteiger partial charge >= 0.3 is 0 Å². The van der Waals surface area contributed by atoms with Gasteiger partial charge in [0, 0.05) is 0 Å². The van der Waals surface area contributed by atoms with E-state index in [1.807, 2.05) is 19.1 Å². The van der Waals surface area contributed by atoms with Gasteiger partial charge in [0.1, 0.15) is 11.6 Å². The SMILES string of the molecule is C=C(/C=C(\CC)c1cccc(F)c1)OC. The molecule has 0 bridgehead atoms. The molecule has 1 rings (SSSR count). The Balaban J connectivity index is 3.02. The summed E-state index contributed by atoms with van der Waals surface area (Å²) in [4.78, 5) is 0. The summed E-state index contributed by atoms with van der Waals surface area (Å²) in [6.45, 7) is 5.73. The number of rotatable bonds is 4. The van der Waals surface area contributed by atoms with E-state index >= 15 is 0 Å². The number of methoxy groups -OCH3 is 1. The number of benzene rings is 1. The van der Waals surface area contributed by atoms with Gasteiger partial charge in [0.2, 0.25) is 0 Å². The van der Waals surface area contributed by atoms with Gasteiger partial charge in [-0.15, -0.1) is 0 Å². The van der Waals surface area contributed by atoms with Crippen molar-refractivity contribution < 1.29 is 9.13 Å². The Labute approximate surface area is 89.9 Å². The molecule has 0 atom stereocenters. The summed E-state index contributed by atoms with van der Waals surface area (Å²) < 4.78 is 18.0. The van der Waals surface area contributed by atoms with Crippen LogP contribution in [0.25, 0.3) is 5.57 Å². The lowest BCUT2D eigenvalue weighted by Gasteiger charge is -2.06. The normalized spacial score (nSPS) is 11.3. The van der Waals surface area contributed by atoms with Crippen molar-refractivity contribution in [2.75, 3.05) is 7.11 Å². The smallest absolute Gasteiger partial charge is 0.123 e. The predicted molar refractivity (Wildman–Crippen MR) is 60.8 cm³/mol. The maximum absolute atomic E-state index is 13.0. The van der Waals surface area contributed by atoms with Crippen molar-refractivity contribution >= 4 is 5.57 Å². The summed E-state index contributed by atoms with van der Waals surface area (Å²) in [5, 5.41) is 0. The van der Waals surface area contributed by atoms with E-state index < -0.39 is 0 Å². The average molecular weight is 206 g/mol. The van der Waals surface area contributed by atoms with Crippen LogP contribution in [0, 0.1) is 5.82 Å². The van der Waals surface area contributed by atoms with Crippen LogP contribution in [-0.4, -0.2) is 7.11 Å². The molecule has 15 heavy (non-hydrogen) atoms. The molecule has 0 heterocycles. The molecule has 1 aromatic carbocycles. The van der Waals surface area contributed by atoms with Gasteiger partial charge in [0.15, 0.2) is 0 Å². The van der Waals surface area contributed by atoms with Crippen LogP contribution in [0.4, 0.5) is 4.39 Å². The highest BCUT2D eigenvalue weighted by atomic mass is 19.1. The molecule has 1 nitrogen and oxygen atoms in total. The number of hydrogen-bond donors (Lipinski definition) is 0. The van der Waals surface area contributed by atoms with Gasteiger partial charge in [0.05, 0.1) is 7.11 Å². The molecule has 0 aliphatic rings. The molecule has 0 aliphatic heterocycles. The van der Waals surface area contributed by atoms with Crippen molar-refractivity contribution in [3.8, 4) is 0 Å². The van der Waals surface area contributed by atoms with Crippen molar-refractivity contribution in [1.29, 1.82) is 0 Å². The Hall–Kier alpha value is -1.57. The Bertz CT molecular complexity index is 380. The largest absolute Gasteiger partial charge is 0.497 e. The van der Waals surface area contributed by atoms with Crippen molar-refractivity contribution in [2.24, 2.45) is 0 Å². The lowest BCUT2D eigenvalue weighted by molar-refractivity contribution is 0.309. The maximum atomic E-state index is 13.0.